The van der Waals surface area contributed by atoms with Crippen LogP contribution in [0.4, 0.5) is 8.78 Å². The molecule has 4 rings (SSSR count). The Labute approximate surface area is 228 Å². The molecule has 0 radical (unpaired) electrons. The van der Waals surface area contributed by atoms with Crippen LogP contribution in [0.15, 0.2) is 72.8 Å². The topological polar surface area (TPSA) is 26.7 Å². The minimum Gasteiger partial charge on any atom is -0.391 e. The number of nitrogens with zero attached hydrogens (tertiary/aromatic N) is 2. The van der Waals surface area contributed by atoms with E-state index in [9.17, 15) is 13.9 Å². The van der Waals surface area contributed by atoms with Gasteiger partial charge in [0.25, 0.3) is 0 Å². The van der Waals surface area contributed by atoms with E-state index < -0.39 is 0 Å². The van der Waals surface area contributed by atoms with Crippen LogP contribution < -0.4 is 0 Å². The predicted octanol–water partition coefficient (Wildman–Crippen LogP) is 6.44. The SMILES string of the molecule is OC(CSCc1ccc(Cl)cc1)CN1CCN(CCCC(c2ccc(F)cc2)c2ccc(F)cc2)CC1. The highest BCUT2D eigenvalue weighted by atomic mass is 35.5. The minimum atomic E-state index is -0.337. The van der Waals surface area contributed by atoms with E-state index in [1.54, 1.807) is 11.8 Å². The summed E-state index contributed by atoms with van der Waals surface area (Å²) in [7, 11) is 0. The highest BCUT2D eigenvalue weighted by Gasteiger charge is 2.20. The molecule has 37 heavy (non-hydrogen) atoms. The van der Waals surface area contributed by atoms with E-state index >= 15 is 0 Å². The number of aliphatic hydroxyl groups is 1. The number of hydrogen-bond donors (Lipinski definition) is 1. The molecule has 3 nitrogen and oxygen atoms in total. The first kappa shape index (κ1) is 28.1. The molecule has 1 atom stereocenters. The smallest absolute Gasteiger partial charge is 0.123 e. The Bertz CT molecular complexity index is 1030. The van der Waals surface area contributed by atoms with Crippen molar-refractivity contribution in [3.63, 3.8) is 0 Å². The van der Waals surface area contributed by atoms with Gasteiger partial charge in [0, 0.05) is 55.2 Å². The number of β-amino-alcohol motifs (C(OH)–C–C–N with tert-alkyl or cyclic N) is 1. The third-order valence-corrected chi connectivity index (χ3v) is 8.35. The molecule has 1 unspecified atom stereocenters. The van der Waals surface area contributed by atoms with Gasteiger partial charge in [-0.15, -0.1) is 0 Å². The summed E-state index contributed by atoms with van der Waals surface area (Å²) < 4.78 is 26.9. The third-order valence-electron chi connectivity index (χ3n) is 6.94. The van der Waals surface area contributed by atoms with Crippen LogP contribution in [0.1, 0.15) is 35.4 Å². The molecule has 0 bridgehead atoms. The van der Waals surface area contributed by atoms with E-state index in [4.69, 9.17) is 11.6 Å². The number of aliphatic hydroxyl groups excluding tert-OH is 1. The Balaban J connectivity index is 1.17. The Morgan fingerprint density at radius 3 is 1.89 bits per heavy atom. The van der Waals surface area contributed by atoms with Crippen LogP contribution in [0, 0.1) is 11.6 Å². The van der Waals surface area contributed by atoms with Gasteiger partial charge in [0.1, 0.15) is 11.6 Å². The van der Waals surface area contributed by atoms with Crippen LogP contribution in [0.25, 0.3) is 0 Å². The summed E-state index contributed by atoms with van der Waals surface area (Å²) >= 11 is 7.69. The van der Waals surface area contributed by atoms with Crippen LogP contribution in [0.5, 0.6) is 0 Å². The first-order valence-corrected chi connectivity index (χ1v) is 14.5. The molecule has 1 aliphatic rings. The summed E-state index contributed by atoms with van der Waals surface area (Å²) in [6.45, 7) is 5.59. The van der Waals surface area contributed by atoms with Crippen molar-refractivity contribution in [3.8, 4) is 0 Å². The second kappa shape index (κ2) is 14.3. The van der Waals surface area contributed by atoms with Gasteiger partial charge in [0.05, 0.1) is 6.10 Å². The molecular weight excluding hydrogens is 510 g/mol. The van der Waals surface area contributed by atoms with Crippen LogP contribution in [-0.4, -0.2) is 66.0 Å². The molecule has 0 aliphatic carbocycles. The molecule has 1 heterocycles. The van der Waals surface area contributed by atoms with E-state index in [1.165, 1.54) is 29.8 Å². The molecule has 1 N–H and O–H groups in total. The lowest BCUT2D eigenvalue weighted by molar-refractivity contribution is 0.0819. The zero-order valence-corrected chi connectivity index (χ0v) is 22.6. The molecule has 0 aromatic heterocycles. The second-order valence-corrected chi connectivity index (χ2v) is 11.2. The number of halogens is 3. The molecule has 3 aromatic carbocycles. The van der Waals surface area contributed by atoms with E-state index in [2.05, 4.69) is 9.80 Å². The fourth-order valence-corrected chi connectivity index (χ4v) is 5.92. The number of hydrogen-bond acceptors (Lipinski definition) is 4. The van der Waals surface area contributed by atoms with Gasteiger partial charge in [0.2, 0.25) is 0 Å². The predicted molar refractivity (Wildman–Crippen MR) is 150 cm³/mol. The van der Waals surface area contributed by atoms with E-state index in [1.807, 2.05) is 48.5 Å². The summed E-state index contributed by atoms with van der Waals surface area (Å²) in [6, 6.07) is 21.2. The standard InChI is InChI=1S/C30H35ClF2N2OS/c31-26-9-3-23(4-10-26)21-37-22-29(36)20-35-18-16-34(17-19-35)15-1-2-30(24-5-11-27(32)12-6-24)25-7-13-28(33)14-8-25/h3-14,29-30,36H,1-2,15-22H2. The largest absolute Gasteiger partial charge is 0.391 e. The highest BCUT2D eigenvalue weighted by molar-refractivity contribution is 7.98. The van der Waals surface area contributed by atoms with Gasteiger partial charge in [-0.1, -0.05) is 48.0 Å². The van der Waals surface area contributed by atoms with E-state index in [0.717, 1.165) is 73.2 Å². The first-order valence-electron chi connectivity index (χ1n) is 12.9. The molecule has 1 saturated heterocycles. The lowest BCUT2D eigenvalue weighted by atomic mass is 9.87. The molecule has 1 aliphatic heterocycles. The number of piperazine rings is 1. The zero-order valence-electron chi connectivity index (χ0n) is 21.0. The van der Waals surface area contributed by atoms with Crippen LogP contribution in [0.3, 0.4) is 0 Å². The Kier molecular flexibility index (Phi) is 10.8. The van der Waals surface area contributed by atoms with Crippen molar-refractivity contribution in [2.45, 2.75) is 30.6 Å². The molecule has 7 heteroatoms. The van der Waals surface area contributed by atoms with Crippen molar-refractivity contribution in [1.82, 2.24) is 9.80 Å². The Morgan fingerprint density at radius 2 is 1.32 bits per heavy atom. The summed E-state index contributed by atoms with van der Waals surface area (Å²) in [5.74, 6) is 1.22. The minimum absolute atomic E-state index is 0.114. The maximum atomic E-state index is 13.5. The van der Waals surface area contributed by atoms with Gasteiger partial charge < -0.3 is 10.0 Å². The molecule has 3 aromatic rings. The Hall–Kier alpha value is -1.96. The summed E-state index contributed by atoms with van der Waals surface area (Å²) in [5.41, 5.74) is 3.33. The van der Waals surface area contributed by atoms with Crippen LogP contribution >= 0.6 is 23.4 Å². The van der Waals surface area contributed by atoms with Crippen LogP contribution in [0.2, 0.25) is 5.02 Å². The first-order chi connectivity index (χ1) is 18.0. The Morgan fingerprint density at radius 1 is 0.784 bits per heavy atom. The molecular formula is C30H35ClF2N2OS. The van der Waals surface area contributed by atoms with Gasteiger partial charge in [-0.25, -0.2) is 8.78 Å². The number of thioether (sulfide) groups is 1. The van der Waals surface area contributed by atoms with E-state index in [0.29, 0.717) is 6.54 Å². The zero-order chi connectivity index (χ0) is 26.0. The summed E-state index contributed by atoms with van der Waals surface area (Å²) in [5, 5.41) is 11.2. The highest BCUT2D eigenvalue weighted by Crippen LogP contribution is 2.30. The fraction of sp³-hybridized carbons (Fsp3) is 0.400. The van der Waals surface area contributed by atoms with Crippen molar-refractivity contribution < 1.29 is 13.9 Å². The second-order valence-electron chi connectivity index (χ2n) is 9.74. The van der Waals surface area contributed by atoms with Gasteiger partial charge in [-0.3, -0.25) is 4.90 Å². The number of rotatable bonds is 12. The van der Waals surface area contributed by atoms with Gasteiger partial charge in [0.15, 0.2) is 0 Å². The van der Waals surface area contributed by atoms with Crippen molar-refractivity contribution in [1.29, 1.82) is 0 Å². The average molecular weight is 545 g/mol. The third kappa shape index (κ3) is 9.08. The van der Waals surface area contributed by atoms with Gasteiger partial charge in [-0.2, -0.15) is 11.8 Å². The lowest BCUT2D eigenvalue weighted by Crippen LogP contribution is -2.49. The van der Waals surface area contributed by atoms with Crippen molar-refractivity contribution in [3.05, 3.63) is 106 Å². The lowest BCUT2D eigenvalue weighted by Gasteiger charge is -2.35. The molecule has 1 fully saturated rings. The van der Waals surface area contributed by atoms with E-state index in [-0.39, 0.29) is 23.7 Å². The van der Waals surface area contributed by atoms with Crippen molar-refractivity contribution >= 4 is 23.4 Å². The fourth-order valence-electron chi connectivity index (χ4n) is 4.87. The van der Waals surface area contributed by atoms with Gasteiger partial charge in [-0.05, 0) is 72.5 Å². The maximum Gasteiger partial charge on any atom is 0.123 e. The molecule has 0 spiro atoms. The summed E-state index contributed by atoms with van der Waals surface area (Å²) in [4.78, 5) is 4.83. The molecule has 198 valence electrons. The molecule has 0 amide bonds. The van der Waals surface area contributed by atoms with Gasteiger partial charge >= 0.3 is 0 Å². The maximum absolute atomic E-state index is 13.5. The normalized spacial score (nSPS) is 15.8. The quantitative estimate of drug-likeness (QED) is 0.284. The van der Waals surface area contributed by atoms with Crippen molar-refractivity contribution in [2.75, 3.05) is 45.0 Å². The average Bonchev–Trinajstić information content (AvgIpc) is 2.90. The van der Waals surface area contributed by atoms with Crippen LogP contribution in [-0.2, 0) is 5.75 Å². The monoisotopic (exact) mass is 544 g/mol. The summed E-state index contributed by atoms with van der Waals surface area (Å²) in [6.07, 6.45) is 1.58. The number of benzene rings is 3. The van der Waals surface area contributed by atoms with Crippen molar-refractivity contribution in [2.24, 2.45) is 0 Å². The molecule has 0 saturated carbocycles.